The van der Waals surface area contributed by atoms with Crippen molar-refractivity contribution in [1.29, 1.82) is 0 Å². The summed E-state index contributed by atoms with van der Waals surface area (Å²) >= 11 is 0. The molecule has 14 nitrogen and oxygen atoms in total. The molecule has 1 spiro atoms. The van der Waals surface area contributed by atoms with Crippen molar-refractivity contribution in [2.24, 2.45) is 28.9 Å². The zero-order valence-corrected chi connectivity index (χ0v) is 30.1. The highest BCUT2D eigenvalue weighted by Crippen LogP contribution is 2.59. The van der Waals surface area contributed by atoms with Crippen molar-refractivity contribution in [3.63, 3.8) is 0 Å². The molecule has 1 saturated heterocycles. The molecule has 1 aliphatic heterocycles. The van der Waals surface area contributed by atoms with Crippen molar-refractivity contribution < 1.29 is 38.6 Å². The van der Waals surface area contributed by atoms with E-state index in [0.717, 1.165) is 51.4 Å². The van der Waals surface area contributed by atoms with E-state index in [2.05, 4.69) is 28.2 Å². The lowest BCUT2D eigenvalue weighted by Crippen LogP contribution is -2.63. The lowest BCUT2D eigenvalue weighted by atomic mass is 9.50. The van der Waals surface area contributed by atoms with Crippen molar-refractivity contribution in [3.8, 4) is 0 Å². The van der Waals surface area contributed by atoms with Gasteiger partial charge >= 0.3 is 5.97 Å². The maximum Gasteiger partial charge on any atom is 0.325 e. The minimum Gasteiger partial charge on any atom is -0.510 e. The molecular weight excluding hydrogens is 632 g/mol. The Hall–Kier alpha value is -3.68. The van der Waals surface area contributed by atoms with E-state index in [9.17, 15) is 33.9 Å². The molecule has 49 heavy (non-hydrogen) atoms. The number of aliphatic hydroxyl groups excluding tert-OH is 1. The van der Waals surface area contributed by atoms with E-state index >= 15 is 0 Å². The van der Waals surface area contributed by atoms with E-state index in [0.29, 0.717) is 19.3 Å². The third-order valence-electron chi connectivity index (χ3n) is 10.3. The molecule has 2 saturated carbocycles. The molecule has 3 aliphatic rings. The molecule has 14 heteroatoms. The molecular formula is C35H58N6O8. The Morgan fingerprint density at radius 3 is 2.24 bits per heavy atom. The predicted molar refractivity (Wildman–Crippen MR) is 182 cm³/mol. The minimum absolute atomic E-state index is 0.0194. The number of carbonyl (C=O) groups excluding carboxylic acids is 6. The van der Waals surface area contributed by atoms with Gasteiger partial charge in [-0.25, -0.2) is 0 Å². The third-order valence-corrected chi connectivity index (χ3v) is 10.3. The zero-order chi connectivity index (χ0) is 36.5. The van der Waals surface area contributed by atoms with E-state index in [1.54, 1.807) is 14.0 Å². The number of esters is 1. The Kier molecular flexibility index (Phi) is 14.5. The number of unbranched alkanes of at least 4 members (excludes halogenated alkanes) is 3. The Morgan fingerprint density at radius 1 is 1.02 bits per heavy atom. The Labute approximate surface area is 290 Å². The number of aliphatic hydroxyl groups is 1. The lowest BCUT2D eigenvalue weighted by Gasteiger charge is -2.56. The molecule has 2 aliphatic carbocycles. The quantitative estimate of drug-likeness (QED) is 0.0903. The first-order chi connectivity index (χ1) is 23.1. The first-order valence-electron chi connectivity index (χ1n) is 17.9. The minimum atomic E-state index is -1.32. The van der Waals surface area contributed by atoms with Crippen LogP contribution in [-0.4, -0.2) is 89.9 Å². The SMILES string of the molecule is CCCCCC[C@H]1OC(=O)CNC(=O)/C(=C(\C)O)NC(=O)C(CN)NC(=O)C(C2CC3(CCC3)C2)NC(=O)C(CC(C)C)N(C)C(=O)C1C. The van der Waals surface area contributed by atoms with E-state index < -0.39 is 83.7 Å². The van der Waals surface area contributed by atoms with E-state index in [1.165, 1.54) is 11.8 Å². The van der Waals surface area contributed by atoms with Gasteiger partial charge in [-0.3, -0.25) is 28.8 Å². The van der Waals surface area contributed by atoms with Crippen LogP contribution in [0.3, 0.4) is 0 Å². The van der Waals surface area contributed by atoms with Crippen LogP contribution in [0.1, 0.15) is 105 Å². The molecule has 0 aromatic heterocycles. The summed E-state index contributed by atoms with van der Waals surface area (Å²) in [5, 5.41) is 20.5. The van der Waals surface area contributed by atoms with Crippen LogP contribution in [0.2, 0.25) is 0 Å². The first kappa shape index (κ1) is 39.8. The summed E-state index contributed by atoms with van der Waals surface area (Å²) in [6, 6.07) is -3.23. The van der Waals surface area contributed by atoms with Gasteiger partial charge in [-0.05, 0) is 69.1 Å². The van der Waals surface area contributed by atoms with E-state index in [1.807, 2.05) is 13.8 Å². The molecule has 3 fully saturated rings. The van der Waals surface area contributed by atoms with Gasteiger partial charge in [-0.15, -0.1) is 0 Å². The number of nitrogens with two attached hydrogens (primary N) is 1. The standard InChI is InChI=1S/C35H58N6O8/c1-7-8-9-10-12-26-21(4)34(48)41(6)25(15-20(2)3)31(45)40-29(23-16-35(17-23)13-11-14-35)33(47)38-24(18-36)30(44)39-28(22(5)42)32(46)37-19-27(43)49-26/h20-21,23-26,29,42H,7-19,36H2,1-6H3,(H,37,46)(H,38,47)(H,39,44)(H,40,45)/b28-22-/t21?,24?,25?,26-,29?/m1/s1. The molecule has 4 unspecified atom stereocenters. The van der Waals surface area contributed by atoms with Gasteiger partial charge in [0.1, 0.15) is 42.2 Å². The van der Waals surface area contributed by atoms with Gasteiger partial charge in [-0.2, -0.15) is 0 Å². The van der Waals surface area contributed by atoms with Gasteiger partial charge in [0.05, 0.1) is 5.92 Å². The predicted octanol–water partition coefficient (Wildman–Crippen LogP) is 1.92. The molecule has 5 atom stereocenters. The summed E-state index contributed by atoms with van der Waals surface area (Å²) in [4.78, 5) is 82.6. The summed E-state index contributed by atoms with van der Waals surface area (Å²) in [6.07, 6.45) is 8.13. The highest BCUT2D eigenvalue weighted by atomic mass is 16.5. The summed E-state index contributed by atoms with van der Waals surface area (Å²) in [7, 11) is 1.55. The Bertz CT molecular complexity index is 1250. The molecule has 0 aromatic carbocycles. The Morgan fingerprint density at radius 2 is 1.69 bits per heavy atom. The second-order valence-corrected chi connectivity index (χ2v) is 14.7. The summed E-state index contributed by atoms with van der Waals surface area (Å²) in [5.74, 6) is -5.67. The summed E-state index contributed by atoms with van der Waals surface area (Å²) in [5.41, 5.74) is 5.51. The van der Waals surface area contributed by atoms with Crippen LogP contribution in [-0.2, 0) is 33.5 Å². The molecule has 0 bridgehead atoms. The van der Waals surface area contributed by atoms with Gasteiger partial charge in [0.2, 0.25) is 23.6 Å². The number of ether oxygens (including phenoxy) is 1. The fourth-order valence-corrected chi connectivity index (χ4v) is 7.19. The molecule has 1 heterocycles. The topological polar surface area (TPSA) is 209 Å². The molecule has 5 amide bonds. The summed E-state index contributed by atoms with van der Waals surface area (Å²) < 4.78 is 5.75. The van der Waals surface area contributed by atoms with Gasteiger partial charge in [0.25, 0.3) is 5.91 Å². The monoisotopic (exact) mass is 690 g/mol. The van der Waals surface area contributed by atoms with Gasteiger partial charge in [0.15, 0.2) is 0 Å². The fraction of sp³-hybridized carbons (Fsp3) is 0.771. The maximum absolute atomic E-state index is 14.1. The van der Waals surface area contributed by atoms with Gasteiger partial charge in [0, 0.05) is 13.6 Å². The number of amides is 5. The smallest absolute Gasteiger partial charge is 0.325 e. The van der Waals surface area contributed by atoms with Crippen LogP contribution in [0.15, 0.2) is 11.5 Å². The largest absolute Gasteiger partial charge is 0.510 e. The molecule has 0 aromatic rings. The zero-order valence-electron chi connectivity index (χ0n) is 30.1. The van der Waals surface area contributed by atoms with Crippen LogP contribution in [0.25, 0.3) is 0 Å². The number of nitrogens with one attached hydrogen (secondary N) is 4. The number of nitrogens with zero attached hydrogens (tertiary/aromatic N) is 1. The molecule has 7 N–H and O–H groups in total. The third kappa shape index (κ3) is 10.4. The second kappa shape index (κ2) is 17.8. The van der Waals surface area contributed by atoms with Gasteiger partial charge < -0.3 is 41.7 Å². The lowest BCUT2D eigenvalue weighted by molar-refractivity contribution is -0.157. The number of hydrogen-bond donors (Lipinski definition) is 6. The highest BCUT2D eigenvalue weighted by molar-refractivity contribution is 6.01. The van der Waals surface area contributed by atoms with E-state index in [4.69, 9.17) is 10.5 Å². The number of cyclic esters (lactones) is 1. The van der Waals surface area contributed by atoms with Crippen LogP contribution in [0, 0.1) is 23.2 Å². The van der Waals surface area contributed by atoms with Crippen LogP contribution >= 0.6 is 0 Å². The second-order valence-electron chi connectivity index (χ2n) is 14.7. The van der Waals surface area contributed by atoms with Crippen molar-refractivity contribution in [3.05, 3.63) is 11.5 Å². The summed E-state index contributed by atoms with van der Waals surface area (Å²) in [6.45, 7) is 7.84. The van der Waals surface area contributed by atoms with Crippen molar-refractivity contribution >= 4 is 35.5 Å². The molecule has 3 rings (SSSR count). The first-order valence-corrected chi connectivity index (χ1v) is 17.9. The highest BCUT2D eigenvalue weighted by Gasteiger charge is 2.52. The average Bonchev–Trinajstić information content (AvgIpc) is 3.01. The maximum atomic E-state index is 14.1. The van der Waals surface area contributed by atoms with E-state index in [-0.39, 0.29) is 23.8 Å². The van der Waals surface area contributed by atoms with Crippen molar-refractivity contribution in [1.82, 2.24) is 26.2 Å². The Balaban J connectivity index is 2.00. The van der Waals surface area contributed by atoms with Crippen LogP contribution in [0.4, 0.5) is 0 Å². The van der Waals surface area contributed by atoms with Crippen molar-refractivity contribution in [2.45, 2.75) is 129 Å². The number of carbonyl (C=O) groups is 6. The normalized spacial score (nSPS) is 29.0. The number of hydrogen-bond acceptors (Lipinski definition) is 9. The number of allylic oxidation sites excluding steroid dienone is 1. The van der Waals surface area contributed by atoms with Crippen molar-refractivity contribution in [2.75, 3.05) is 20.1 Å². The number of likely N-dealkylation sites (N-methyl/N-ethyl adjacent to an activating group) is 1. The van der Waals surface area contributed by atoms with Gasteiger partial charge in [-0.1, -0.05) is 53.4 Å². The number of rotatable bonds is 9. The van der Waals surface area contributed by atoms with Crippen LogP contribution < -0.4 is 27.0 Å². The average molecular weight is 691 g/mol. The molecule has 0 radical (unpaired) electrons. The van der Waals surface area contributed by atoms with Crippen LogP contribution in [0.5, 0.6) is 0 Å². The fourth-order valence-electron chi connectivity index (χ4n) is 7.19. The molecule has 276 valence electrons.